The van der Waals surface area contributed by atoms with Gasteiger partial charge in [-0.25, -0.2) is 10.4 Å². The van der Waals surface area contributed by atoms with Crippen molar-refractivity contribution in [1.82, 2.24) is 15.4 Å². The molecule has 0 aliphatic carbocycles. The highest BCUT2D eigenvalue weighted by Gasteiger charge is 2.18. The number of carbonyl (C=O) groups excluding carboxylic acids is 2. The maximum Gasteiger partial charge on any atom is 0.271 e. The zero-order valence-corrected chi connectivity index (χ0v) is 11.6. The smallest absolute Gasteiger partial charge is 0.271 e. The highest BCUT2D eigenvalue weighted by molar-refractivity contribution is 6.43. The summed E-state index contributed by atoms with van der Waals surface area (Å²) in [5.41, 5.74) is 5.05. The average Bonchev–Trinajstić information content (AvgIpc) is 2.90. The highest BCUT2D eigenvalue weighted by atomic mass is 16.2. The fourth-order valence-electron chi connectivity index (χ4n) is 2.15. The van der Waals surface area contributed by atoms with Crippen LogP contribution in [0.5, 0.6) is 0 Å². The summed E-state index contributed by atoms with van der Waals surface area (Å²) in [6, 6.07) is 5.48. The lowest BCUT2D eigenvalue weighted by Gasteiger charge is -2.11. The van der Waals surface area contributed by atoms with Crippen molar-refractivity contribution in [2.24, 2.45) is 5.10 Å². The van der Waals surface area contributed by atoms with Gasteiger partial charge in [-0.15, -0.1) is 0 Å². The topological polar surface area (TPSA) is 99.2 Å². The molecule has 0 bridgehead atoms. The van der Waals surface area contributed by atoms with Crippen LogP contribution in [-0.4, -0.2) is 27.5 Å². The molecule has 0 atom stereocenters. The van der Waals surface area contributed by atoms with Crippen LogP contribution >= 0.6 is 0 Å². The molecule has 1 aromatic carbocycles. The monoisotopic (exact) mass is 285 g/mol. The van der Waals surface area contributed by atoms with Crippen LogP contribution in [0.1, 0.15) is 25.6 Å². The number of aryl methyl sites for hydroxylation is 1. The third kappa shape index (κ3) is 2.76. The van der Waals surface area contributed by atoms with Gasteiger partial charge >= 0.3 is 0 Å². The van der Waals surface area contributed by atoms with Crippen molar-refractivity contribution in [3.8, 4) is 0 Å². The molecule has 0 saturated carbocycles. The largest absolute Gasteiger partial charge is 0.342 e. The third-order valence-electron chi connectivity index (χ3n) is 3.29. The Labute approximate surface area is 120 Å². The molecule has 1 aliphatic rings. The molecule has 7 heteroatoms. The summed E-state index contributed by atoms with van der Waals surface area (Å²) in [5, 5.41) is 6.55. The van der Waals surface area contributed by atoms with E-state index in [2.05, 4.69) is 25.8 Å². The number of nitrogens with one attached hydrogen (secondary N) is 3. The number of hydrogen-bond donors (Lipinski definition) is 3. The first-order valence-electron chi connectivity index (χ1n) is 6.81. The first-order valence-corrected chi connectivity index (χ1v) is 6.81. The van der Waals surface area contributed by atoms with E-state index in [9.17, 15) is 9.59 Å². The number of fused-ring (bicyclic) bond motifs is 1. The molecule has 0 saturated heterocycles. The second kappa shape index (κ2) is 5.35. The normalized spacial score (nSPS) is 14.7. The summed E-state index contributed by atoms with van der Waals surface area (Å²) < 4.78 is 0. The number of benzene rings is 1. The lowest BCUT2D eigenvalue weighted by molar-refractivity contribution is -0.121. The van der Waals surface area contributed by atoms with Gasteiger partial charge < -0.3 is 10.3 Å². The van der Waals surface area contributed by atoms with Crippen LogP contribution in [0.15, 0.2) is 23.3 Å². The minimum atomic E-state index is -0.301. The van der Waals surface area contributed by atoms with Gasteiger partial charge in [-0.05, 0) is 18.2 Å². The van der Waals surface area contributed by atoms with Crippen LogP contribution in [0.3, 0.4) is 0 Å². The number of carbonyl (C=O) groups is 2. The van der Waals surface area contributed by atoms with Crippen molar-refractivity contribution in [3.05, 3.63) is 24.0 Å². The molecule has 1 aliphatic heterocycles. The first-order chi connectivity index (χ1) is 10.2. The Bertz CT molecular complexity index is 747. The molecule has 1 aromatic heterocycles. The second-order valence-electron chi connectivity index (χ2n) is 4.82. The van der Waals surface area contributed by atoms with E-state index in [1.165, 1.54) is 0 Å². The van der Waals surface area contributed by atoms with Crippen molar-refractivity contribution in [2.45, 2.75) is 26.2 Å². The van der Waals surface area contributed by atoms with Gasteiger partial charge in [0.15, 0.2) is 0 Å². The lowest BCUT2D eigenvalue weighted by atomic mass is 10.1. The number of aromatic nitrogens is 2. The number of imidazole rings is 1. The van der Waals surface area contributed by atoms with Crippen molar-refractivity contribution in [1.29, 1.82) is 0 Å². The minimum absolute atomic E-state index is 0.169. The molecule has 2 amide bonds. The van der Waals surface area contributed by atoms with Gasteiger partial charge in [-0.2, -0.15) is 5.10 Å². The van der Waals surface area contributed by atoms with Gasteiger partial charge in [-0.3, -0.25) is 9.59 Å². The highest BCUT2D eigenvalue weighted by Crippen LogP contribution is 2.18. The van der Waals surface area contributed by atoms with Gasteiger partial charge in [0.2, 0.25) is 5.91 Å². The molecule has 0 fully saturated rings. The average molecular weight is 285 g/mol. The van der Waals surface area contributed by atoms with Crippen molar-refractivity contribution < 1.29 is 9.59 Å². The molecule has 2 heterocycles. The summed E-state index contributed by atoms with van der Waals surface area (Å²) in [6.07, 6.45) is 1.46. The summed E-state index contributed by atoms with van der Waals surface area (Å²) in [6.45, 7) is 2.02. The Morgan fingerprint density at radius 3 is 2.95 bits per heavy atom. The molecule has 108 valence electrons. The molecule has 0 unspecified atom stereocenters. The SMILES string of the molecule is CCc1nc2ccc(NC(=O)C3=NNC(=O)CC3)cc2[nH]1. The van der Waals surface area contributed by atoms with Crippen molar-refractivity contribution in [3.63, 3.8) is 0 Å². The lowest BCUT2D eigenvalue weighted by Crippen LogP contribution is -2.32. The van der Waals surface area contributed by atoms with Gasteiger partial charge in [0, 0.05) is 24.9 Å². The van der Waals surface area contributed by atoms with E-state index in [1.807, 2.05) is 19.1 Å². The third-order valence-corrected chi connectivity index (χ3v) is 3.29. The Morgan fingerprint density at radius 2 is 2.24 bits per heavy atom. The molecular weight excluding hydrogens is 270 g/mol. The zero-order chi connectivity index (χ0) is 14.8. The number of hydrogen-bond acceptors (Lipinski definition) is 4. The summed E-state index contributed by atoms with van der Waals surface area (Å²) in [7, 11) is 0. The minimum Gasteiger partial charge on any atom is -0.342 e. The number of anilines is 1. The Hall–Kier alpha value is -2.70. The van der Waals surface area contributed by atoms with Crippen LogP contribution in [0.4, 0.5) is 5.69 Å². The van der Waals surface area contributed by atoms with Crippen LogP contribution in [0, 0.1) is 0 Å². The number of rotatable bonds is 3. The molecular formula is C14H15N5O2. The van der Waals surface area contributed by atoms with Crippen LogP contribution < -0.4 is 10.7 Å². The second-order valence-corrected chi connectivity index (χ2v) is 4.82. The fraction of sp³-hybridized carbons (Fsp3) is 0.286. The predicted octanol–water partition coefficient (Wildman–Crippen LogP) is 1.33. The molecule has 0 radical (unpaired) electrons. The van der Waals surface area contributed by atoms with E-state index in [4.69, 9.17) is 0 Å². The van der Waals surface area contributed by atoms with Crippen molar-refractivity contribution >= 4 is 34.2 Å². The van der Waals surface area contributed by atoms with Gasteiger partial charge in [0.25, 0.3) is 5.91 Å². The van der Waals surface area contributed by atoms with E-state index >= 15 is 0 Å². The number of H-pyrrole nitrogens is 1. The predicted molar refractivity (Wildman–Crippen MR) is 78.9 cm³/mol. The molecule has 2 aromatic rings. The summed E-state index contributed by atoms with van der Waals surface area (Å²) in [5.74, 6) is 0.440. The van der Waals surface area contributed by atoms with Crippen LogP contribution in [-0.2, 0) is 16.0 Å². The molecule has 21 heavy (non-hydrogen) atoms. The Balaban J connectivity index is 1.78. The Kier molecular flexibility index (Phi) is 3.39. The number of aromatic amines is 1. The summed E-state index contributed by atoms with van der Waals surface area (Å²) in [4.78, 5) is 30.7. The summed E-state index contributed by atoms with van der Waals surface area (Å²) >= 11 is 0. The van der Waals surface area contributed by atoms with Crippen LogP contribution in [0.2, 0.25) is 0 Å². The standard InChI is InChI=1S/C14H15N5O2/c1-2-12-16-9-4-3-8(7-11(9)17-12)15-14(21)10-5-6-13(20)19-18-10/h3-4,7H,2,5-6H2,1H3,(H,15,21)(H,16,17)(H,19,20). The van der Waals surface area contributed by atoms with E-state index in [1.54, 1.807) is 6.07 Å². The van der Waals surface area contributed by atoms with E-state index in [0.717, 1.165) is 23.3 Å². The van der Waals surface area contributed by atoms with E-state index in [0.29, 0.717) is 17.8 Å². The number of hydrazone groups is 1. The van der Waals surface area contributed by atoms with Gasteiger partial charge in [0.1, 0.15) is 11.5 Å². The van der Waals surface area contributed by atoms with E-state index < -0.39 is 0 Å². The first kappa shape index (κ1) is 13.3. The molecule has 3 N–H and O–H groups in total. The van der Waals surface area contributed by atoms with Crippen LogP contribution in [0.25, 0.3) is 11.0 Å². The fourth-order valence-corrected chi connectivity index (χ4v) is 2.15. The maximum absolute atomic E-state index is 12.1. The zero-order valence-electron chi connectivity index (χ0n) is 11.6. The van der Waals surface area contributed by atoms with Gasteiger partial charge in [-0.1, -0.05) is 6.92 Å². The molecule has 3 rings (SSSR count). The quantitative estimate of drug-likeness (QED) is 0.793. The molecule has 7 nitrogen and oxygen atoms in total. The number of nitrogens with zero attached hydrogens (tertiary/aromatic N) is 2. The maximum atomic E-state index is 12.1. The number of amides is 2. The van der Waals surface area contributed by atoms with Gasteiger partial charge in [0.05, 0.1) is 11.0 Å². The molecule has 0 spiro atoms. The van der Waals surface area contributed by atoms with Crippen molar-refractivity contribution in [2.75, 3.05) is 5.32 Å². The van der Waals surface area contributed by atoms with E-state index in [-0.39, 0.29) is 18.2 Å². The Morgan fingerprint density at radius 1 is 1.38 bits per heavy atom.